The van der Waals surface area contributed by atoms with Crippen molar-refractivity contribution in [3.63, 3.8) is 0 Å². The topological polar surface area (TPSA) is 77.0 Å². The Balaban J connectivity index is 0.00000784. The van der Waals surface area contributed by atoms with Gasteiger partial charge >= 0.3 is 0 Å². The maximum Gasteiger partial charge on any atom is 0.224 e. The van der Waals surface area contributed by atoms with Gasteiger partial charge in [0, 0.05) is 46.3 Å². The SMILES string of the molecule is CCNC(=NCC(CCO)CC(C)C)NCCC(=O)N(C)Cc1ccccc1.I. The van der Waals surface area contributed by atoms with Crippen molar-refractivity contribution in [1.29, 1.82) is 0 Å². The first kappa shape index (κ1) is 27.6. The van der Waals surface area contributed by atoms with Gasteiger partial charge < -0.3 is 20.6 Å². The van der Waals surface area contributed by atoms with Gasteiger partial charge in [-0.25, -0.2) is 0 Å². The van der Waals surface area contributed by atoms with Gasteiger partial charge in [0.1, 0.15) is 0 Å². The van der Waals surface area contributed by atoms with Crippen molar-refractivity contribution in [2.45, 2.75) is 46.6 Å². The molecule has 0 saturated heterocycles. The van der Waals surface area contributed by atoms with E-state index in [2.05, 4.69) is 29.5 Å². The smallest absolute Gasteiger partial charge is 0.224 e. The highest BCUT2D eigenvalue weighted by atomic mass is 127. The van der Waals surface area contributed by atoms with Crippen LogP contribution < -0.4 is 10.6 Å². The van der Waals surface area contributed by atoms with Crippen molar-refractivity contribution in [1.82, 2.24) is 15.5 Å². The first-order chi connectivity index (χ1) is 13.5. The number of nitrogens with one attached hydrogen (secondary N) is 2. The van der Waals surface area contributed by atoms with E-state index in [9.17, 15) is 9.90 Å². The molecule has 0 spiro atoms. The van der Waals surface area contributed by atoms with E-state index in [0.29, 0.717) is 37.9 Å². The van der Waals surface area contributed by atoms with E-state index in [-0.39, 0.29) is 36.5 Å². The molecule has 1 rings (SSSR count). The van der Waals surface area contributed by atoms with E-state index in [1.807, 2.05) is 44.3 Å². The molecule has 0 radical (unpaired) electrons. The number of hydrogen-bond acceptors (Lipinski definition) is 3. The summed E-state index contributed by atoms with van der Waals surface area (Å²) in [6.07, 6.45) is 2.23. The minimum atomic E-state index is 0. The molecule has 1 aromatic rings. The predicted molar refractivity (Wildman–Crippen MR) is 132 cm³/mol. The van der Waals surface area contributed by atoms with Crippen molar-refractivity contribution < 1.29 is 9.90 Å². The predicted octanol–water partition coefficient (Wildman–Crippen LogP) is 3.25. The van der Waals surface area contributed by atoms with Gasteiger partial charge in [-0.15, -0.1) is 24.0 Å². The molecule has 0 aliphatic heterocycles. The average Bonchev–Trinajstić information content (AvgIpc) is 2.66. The van der Waals surface area contributed by atoms with Gasteiger partial charge in [0.05, 0.1) is 0 Å². The molecule has 7 heteroatoms. The Labute approximate surface area is 193 Å². The molecule has 0 saturated carbocycles. The molecule has 0 fully saturated rings. The minimum Gasteiger partial charge on any atom is -0.396 e. The van der Waals surface area contributed by atoms with Crippen molar-refractivity contribution in [3.05, 3.63) is 35.9 Å². The van der Waals surface area contributed by atoms with Crippen LogP contribution in [0, 0.1) is 11.8 Å². The van der Waals surface area contributed by atoms with Gasteiger partial charge in [0.15, 0.2) is 5.96 Å². The molecule has 1 atom stereocenters. The fourth-order valence-electron chi connectivity index (χ4n) is 3.12. The summed E-state index contributed by atoms with van der Waals surface area (Å²) < 4.78 is 0. The van der Waals surface area contributed by atoms with Crippen LogP contribution in [0.15, 0.2) is 35.3 Å². The van der Waals surface area contributed by atoms with Crippen molar-refractivity contribution in [2.24, 2.45) is 16.8 Å². The lowest BCUT2D eigenvalue weighted by Gasteiger charge is -2.19. The van der Waals surface area contributed by atoms with Crippen LogP contribution in [0.1, 0.15) is 45.6 Å². The highest BCUT2D eigenvalue weighted by Gasteiger charge is 2.12. The summed E-state index contributed by atoms with van der Waals surface area (Å²) in [6.45, 7) is 9.20. The Bertz CT molecular complexity index is 581. The number of guanidine groups is 1. The molecular weight excluding hydrogens is 479 g/mol. The number of halogens is 1. The van der Waals surface area contributed by atoms with Gasteiger partial charge in [0.25, 0.3) is 0 Å². The van der Waals surface area contributed by atoms with Crippen LogP contribution in [0.5, 0.6) is 0 Å². The van der Waals surface area contributed by atoms with E-state index in [0.717, 1.165) is 30.9 Å². The van der Waals surface area contributed by atoms with Gasteiger partial charge in [-0.05, 0) is 37.2 Å². The Morgan fingerprint density at radius 1 is 1.21 bits per heavy atom. The second-order valence-corrected chi connectivity index (χ2v) is 7.64. The molecule has 166 valence electrons. The van der Waals surface area contributed by atoms with Crippen molar-refractivity contribution >= 4 is 35.8 Å². The van der Waals surface area contributed by atoms with E-state index in [4.69, 9.17) is 0 Å². The molecule has 0 heterocycles. The number of hydrogen-bond donors (Lipinski definition) is 3. The van der Waals surface area contributed by atoms with Crippen LogP contribution >= 0.6 is 24.0 Å². The zero-order chi connectivity index (χ0) is 20.8. The molecule has 0 aromatic heterocycles. The van der Waals surface area contributed by atoms with Gasteiger partial charge in [-0.3, -0.25) is 9.79 Å². The Morgan fingerprint density at radius 3 is 2.48 bits per heavy atom. The Morgan fingerprint density at radius 2 is 1.90 bits per heavy atom. The molecule has 1 aromatic carbocycles. The zero-order valence-corrected chi connectivity index (χ0v) is 20.7. The monoisotopic (exact) mass is 518 g/mol. The Hall–Kier alpha value is -1.35. The normalized spacial score (nSPS) is 12.3. The number of rotatable bonds is 12. The molecule has 3 N–H and O–H groups in total. The summed E-state index contributed by atoms with van der Waals surface area (Å²) in [5.41, 5.74) is 1.13. The summed E-state index contributed by atoms with van der Waals surface area (Å²) in [4.78, 5) is 18.8. The number of carbonyl (C=O) groups excluding carboxylic acids is 1. The zero-order valence-electron chi connectivity index (χ0n) is 18.4. The standard InChI is InChI=1S/C22H38N4O2.HI/c1-5-23-22(25-16-20(12-14-27)15-18(2)3)24-13-11-21(28)26(4)17-19-9-7-6-8-10-19;/h6-10,18,20,27H,5,11-17H2,1-4H3,(H2,23,24,25);1H. The van der Waals surface area contributed by atoms with E-state index < -0.39 is 0 Å². The van der Waals surface area contributed by atoms with Gasteiger partial charge in [0.2, 0.25) is 5.91 Å². The number of carbonyl (C=O) groups is 1. The first-order valence-electron chi connectivity index (χ1n) is 10.4. The van der Waals surface area contributed by atoms with Crippen LogP contribution in [0.25, 0.3) is 0 Å². The maximum absolute atomic E-state index is 12.4. The van der Waals surface area contributed by atoms with E-state index in [1.54, 1.807) is 4.90 Å². The molecule has 29 heavy (non-hydrogen) atoms. The van der Waals surface area contributed by atoms with Gasteiger partial charge in [-0.1, -0.05) is 44.2 Å². The number of amides is 1. The van der Waals surface area contributed by atoms with Gasteiger partial charge in [-0.2, -0.15) is 0 Å². The quantitative estimate of drug-likeness (QED) is 0.226. The molecule has 1 amide bonds. The summed E-state index contributed by atoms with van der Waals surface area (Å²) >= 11 is 0. The lowest BCUT2D eigenvalue weighted by molar-refractivity contribution is -0.130. The van der Waals surface area contributed by atoms with Crippen LogP contribution in [0.2, 0.25) is 0 Å². The number of benzene rings is 1. The molecule has 0 aliphatic carbocycles. The number of nitrogens with zero attached hydrogens (tertiary/aromatic N) is 2. The molecular formula is C22H39IN4O2. The van der Waals surface area contributed by atoms with E-state index in [1.165, 1.54) is 0 Å². The van der Waals surface area contributed by atoms with E-state index >= 15 is 0 Å². The first-order valence-corrected chi connectivity index (χ1v) is 10.4. The highest BCUT2D eigenvalue weighted by Crippen LogP contribution is 2.15. The van der Waals surface area contributed by atoms with Crippen LogP contribution in [0.4, 0.5) is 0 Å². The number of aliphatic hydroxyl groups excluding tert-OH is 1. The summed E-state index contributed by atoms with van der Waals surface area (Å²) in [5.74, 6) is 1.79. The summed E-state index contributed by atoms with van der Waals surface area (Å²) in [5, 5.41) is 15.7. The minimum absolute atomic E-state index is 0. The third-order valence-corrected chi connectivity index (χ3v) is 4.51. The fraction of sp³-hybridized carbons (Fsp3) is 0.636. The second kappa shape index (κ2) is 16.4. The van der Waals surface area contributed by atoms with Crippen LogP contribution in [-0.4, -0.2) is 55.2 Å². The largest absolute Gasteiger partial charge is 0.396 e. The number of aliphatic hydroxyl groups is 1. The fourth-order valence-corrected chi connectivity index (χ4v) is 3.12. The van der Waals surface area contributed by atoms with Crippen LogP contribution in [0.3, 0.4) is 0 Å². The molecule has 0 bridgehead atoms. The highest BCUT2D eigenvalue weighted by molar-refractivity contribution is 14.0. The molecule has 6 nitrogen and oxygen atoms in total. The van der Waals surface area contributed by atoms with Crippen molar-refractivity contribution in [3.8, 4) is 0 Å². The summed E-state index contributed by atoms with van der Waals surface area (Å²) in [6, 6.07) is 9.99. The third kappa shape index (κ3) is 12.7. The second-order valence-electron chi connectivity index (χ2n) is 7.64. The molecule has 1 unspecified atom stereocenters. The molecule has 0 aliphatic rings. The van der Waals surface area contributed by atoms with Crippen molar-refractivity contribution in [2.75, 3.05) is 33.3 Å². The maximum atomic E-state index is 12.4. The third-order valence-electron chi connectivity index (χ3n) is 4.51. The Kier molecular flexibility index (Phi) is 15.7. The lowest BCUT2D eigenvalue weighted by Crippen LogP contribution is -2.39. The number of aliphatic imine (C=N–C) groups is 1. The van der Waals surface area contributed by atoms with Crippen LogP contribution in [-0.2, 0) is 11.3 Å². The average molecular weight is 518 g/mol. The lowest BCUT2D eigenvalue weighted by atomic mass is 9.94. The summed E-state index contributed by atoms with van der Waals surface area (Å²) in [7, 11) is 1.83.